The second-order valence-corrected chi connectivity index (χ2v) is 9.28. The van der Waals surface area contributed by atoms with Crippen LogP contribution in [0.4, 0.5) is 5.95 Å². The highest BCUT2D eigenvalue weighted by Crippen LogP contribution is 2.33. The van der Waals surface area contributed by atoms with Crippen LogP contribution in [0.2, 0.25) is 0 Å². The third-order valence-corrected chi connectivity index (χ3v) is 7.43. The predicted octanol–water partition coefficient (Wildman–Crippen LogP) is 5.04. The first-order valence-electron chi connectivity index (χ1n) is 11.7. The first-order valence-corrected chi connectivity index (χ1v) is 11.7. The molecule has 3 saturated heterocycles. The van der Waals surface area contributed by atoms with Crippen molar-refractivity contribution in [1.29, 1.82) is 0 Å². The largest absolute Gasteiger partial charge is 0.350 e. The predicted molar refractivity (Wildman–Crippen MR) is 130 cm³/mol. The summed E-state index contributed by atoms with van der Waals surface area (Å²) < 4.78 is 2.30. The fraction of sp³-hybridized carbons (Fsp3) is 0.333. The summed E-state index contributed by atoms with van der Waals surface area (Å²) in [6.45, 7) is 5.68. The van der Waals surface area contributed by atoms with Crippen LogP contribution in [0.5, 0.6) is 0 Å². The molecule has 2 aromatic heterocycles. The van der Waals surface area contributed by atoms with Gasteiger partial charge in [-0.1, -0.05) is 36.4 Å². The lowest BCUT2D eigenvalue weighted by molar-refractivity contribution is 0.0455. The zero-order chi connectivity index (χ0) is 21.5. The Balaban J connectivity index is 1.20. The summed E-state index contributed by atoms with van der Waals surface area (Å²) in [5, 5.41) is 4.87. The van der Waals surface area contributed by atoms with Gasteiger partial charge in [0, 0.05) is 53.7 Å². The van der Waals surface area contributed by atoms with E-state index in [4.69, 9.17) is 0 Å². The average molecular weight is 424 g/mol. The van der Waals surface area contributed by atoms with E-state index in [9.17, 15) is 0 Å². The Bertz CT molecular complexity index is 1200. The molecule has 5 nitrogen and oxygen atoms in total. The number of anilines is 1. The second-order valence-electron chi connectivity index (χ2n) is 9.28. The molecule has 1 N–H and O–H groups in total. The van der Waals surface area contributed by atoms with E-state index in [0.717, 1.165) is 29.5 Å². The van der Waals surface area contributed by atoms with Crippen molar-refractivity contribution in [2.75, 3.05) is 18.4 Å². The van der Waals surface area contributed by atoms with Gasteiger partial charge in [0.15, 0.2) is 0 Å². The van der Waals surface area contributed by atoms with Gasteiger partial charge in [-0.25, -0.2) is 9.97 Å². The third-order valence-electron chi connectivity index (χ3n) is 7.43. The summed E-state index contributed by atoms with van der Waals surface area (Å²) in [6.07, 6.45) is 8.63. The van der Waals surface area contributed by atoms with Crippen LogP contribution in [-0.2, 0) is 6.54 Å². The van der Waals surface area contributed by atoms with E-state index in [1.54, 1.807) is 0 Å². The Morgan fingerprint density at radius 2 is 1.72 bits per heavy atom. The van der Waals surface area contributed by atoms with Crippen LogP contribution in [0.1, 0.15) is 25.3 Å². The summed E-state index contributed by atoms with van der Waals surface area (Å²) in [6, 6.07) is 20.4. The summed E-state index contributed by atoms with van der Waals surface area (Å²) in [5.74, 6) is 1.48. The molecule has 7 rings (SSSR count). The molecule has 3 fully saturated rings. The molecule has 5 heteroatoms. The molecule has 3 aliphatic rings. The molecular weight excluding hydrogens is 394 g/mol. The average Bonchev–Trinajstić information content (AvgIpc) is 3.24. The lowest BCUT2D eigenvalue weighted by Crippen LogP contribution is -2.59. The van der Waals surface area contributed by atoms with E-state index in [2.05, 4.69) is 92.5 Å². The monoisotopic (exact) mass is 423 g/mol. The number of hydrogen-bond acceptors (Lipinski definition) is 4. The molecule has 5 heterocycles. The van der Waals surface area contributed by atoms with Crippen LogP contribution in [0, 0.1) is 5.92 Å². The first-order chi connectivity index (χ1) is 15.7. The number of nitrogens with one attached hydrogen (secondary N) is 1. The topological polar surface area (TPSA) is 46.0 Å². The number of nitrogens with zero attached hydrogens (tertiary/aromatic N) is 4. The Kier molecular flexibility index (Phi) is 4.91. The SMILES string of the molecule is C[C@@H]1[C@H](Nc2ncc(-c3ccc4c(ccn4Cc4ccccc4)c3)cn2)C2CCN1CC2. The van der Waals surface area contributed by atoms with Crippen molar-refractivity contribution < 1.29 is 0 Å². The second kappa shape index (κ2) is 8.06. The van der Waals surface area contributed by atoms with E-state index in [1.807, 2.05) is 12.4 Å². The van der Waals surface area contributed by atoms with Crippen LogP contribution >= 0.6 is 0 Å². The third kappa shape index (κ3) is 3.56. The van der Waals surface area contributed by atoms with Gasteiger partial charge in [-0.15, -0.1) is 0 Å². The molecule has 32 heavy (non-hydrogen) atoms. The summed E-state index contributed by atoms with van der Waals surface area (Å²) in [7, 11) is 0. The van der Waals surface area contributed by atoms with Gasteiger partial charge in [0.1, 0.15) is 0 Å². The van der Waals surface area contributed by atoms with Gasteiger partial charge in [0.2, 0.25) is 5.95 Å². The molecule has 4 aromatic rings. The fourth-order valence-corrected chi connectivity index (χ4v) is 5.54. The van der Waals surface area contributed by atoms with E-state index in [0.29, 0.717) is 12.1 Å². The van der Waals surface area contributed by atoms with E-state index >= 15 is 0 Å². The zero-order valence-corrected chi connectivity index (χ0v) is 18.5. The Morgan fingerprint density at radius 3 is 2.47 bits per heavy atom. The molecule has 2 aromatic carbocycles. The van der Waals surface area contributed by atoms with Crippen molar-refractivity contribution >= 4 is 16.9 Å². The molecule has 2 bridgehead atoms. The van der Waals surface area contributed by atoms with Gasteiger partial charge < -0.3 is 9.88 Å². The maximum atomic E-state index is 4.66. The van der Waals surface area contributed by atoms with Gasteiger partial charge >= 0.3 is 0 Å². The van der Waals surface area contributed by atoms with E-state index in [-0.39, 0.29) is 0 Å². The van der Waals surface area contributed by atoms with E-state index < -0.39 is 0 Å². The molecular formula is C27H29N5. The summed E-state index contributed by atoms with van der Waals surface area (Å²) in [4.78, 5) is 11.9. The van der Waals surface area contributed by atoms with E-state index in [1.165, 1.54) is 42.4 Å². The molecule has 0 unspecified atom stereocenters. The Morgan fingerprint density at radius 1 is 0.938 bits per heavy atom. The molecule has 0 amide bonds. The standard InChI is InChI=1S/C27H29N5/c1-19-26(21-9-12-31(19)13-10-21)30-27-28-16-24(17-29-27)22-7-8-25-23(15-22)11-14-32(25)18-20-5-3-2-4-6-20/h2-8,11,14-17,19,21,26H,9-10,12-13,18H2,1H3,(H,28,29,30)/t19-,26+/m1/s1. The van der Waals surface area contributed by atoms with Crippen LogP contribution in [0.15, 0.2) is 73.2 Å². The lowest BCUT2D eigenvalue weighted by atomic mass is 9.79. The highest BCUT2D eigenvalue weighted by atomic mass is 15.2. The minimum atomic E-state index is 0.448. The zero-order valence-electron chi connectivity index (χ0n) is 18.5. The number of piperidine rings is 3. The maximum absolute atomic E-state index is 4.66. The van der Waals surface area contributed by atoms with Crippen LogP contribution in [0.3, 0.4) is 0 Å². The number of hydrogen-bond donors (Lipinski definition) is 1. The van der Waals surface area contributed by atoms with Crippen molar-refractivity contribution in [3.05, 3.63) is 78.8 Å². The van der Waals surface area contributed by atoms with Crippen molar-refractivity contribution in [3.63, 3.8) is 0 Å². The number of fused-ring (bicyclic) bond motifs is 4. The molecule has 0 aliphatic carbocycles. The Labute approximate surface area is 189 Å². The first kappa shape index (κ1) is 19.5. The summed E-state index contributed by atoms with van der Waals surface area (Å²) >= 11 is 0. The molecule has 0 spiro atoms. The molecule has 0 radical (unpaired) electrons. The van der Waals surface area contributed by atoms with Crippen LogP contribution in [0.25, 0.3) is 22.0 Å². The number of aromatic nitrogens is 3. The normalized spacial score (nSPS) is 24.7. The lowest BCUT2D eigenvalue weighted by Gasteiger charge is -2.49. The van der Waals surface area contributed by atoms with Crippen LogP contribution < -0.4 is 5.32 Å². The maximum Gasteiger partial charge on any atom is 0.222 e. The highest BCUT2D eigenvalue weighted by molar-refractivity contribution is 5.85. The summed E-state index contributed by atoms with van der Waals surface area (Å²) in [5.41, 5.74) is 4.75. The van der Waals surface area contributed by atoms with Crippen molar-refractivity contribution in [2.45, 2.75) is 38.4 Å². The van der Waals surface area contributed by atoms with Gasteiger partial charge in [0.05, 0.1) is 0 Å². The highest BCUT2D eigenvalue weighted by Gasteiger charge is 2.39. The van der Waals surface area contributed by atoms with Gasteiger partial charge in [-0.3, -0.25) is 4.90 Å². The molecule has 3 aliphatic heterocycles. The minimum absolute atomic E-state index is 0.448. The molecule has 0 saturated carbocycles. The molecule has 162 valence electrons. The van der Waals surface area contributed by atoms with Crippen molar-refractivity contribution in [2.24, 2.45) is 5.92 Å². The fourth-order valence-electron chi connectivity index (χ4n) is 5.54. The van der Waals surface area contributed by atoms with Crippen molar-refractivity contribution in [1.82, 2.24) is 19.4 Å². The van der Waals surface area contributed by atoms with Crippen molar-refractivity contribution in [3.8, 4) is 11.1 Å². The van der Waals surface area contributed by atoms with Crippen LogP contribution in [-0.4, -0.2) is 44.6 Å². The Hall–Kier alpha value is -3.18. The minimum Gasteiger partial charge on any atom is -0.350 e. The quantitative estimate of drug-likeness (QED) is 0.488. The molecule has 2 atom stereocenters. The number of benzene rings is 2. The number of rotatable bonds is 5. The van der Waals surface area contributed by atoms with Gasteiger partial charge in [0.25, 0.3) is 0 Å². The van der Waals surface area contributed by atoms with Gasteiger partial charge in [-0.05, 0) is 68.1 Å². The smallest absolute Gasteiger partial charge is 0.222 e. The van der Waals surface area contributed by atoms with Gasteiger partial charge in [-0.2, -0.15) is 0 Å².